The summed E-state index contributed by atoms with van der Waals surface area (Å²) in [5.41, 5.74) is 0. The molecule has 0 amide bonds. The Morgan fingerprint density at radius 1 is 1.00 bits per heavy atom. The molecule has 0 aromatic carbocycles. The molecule has 0 aromatic rings. The first-order valence-electron chi connectivity index (χ1n) is 2.34. The molecule has 0 unspecified atom stereocenters. The minimum absolute atomic E-state index is 1.31. The maximum absolute atomic E-state index is 4.36. The van der Waals surface area contributed by atoms with E-state index in [0.29, 0.717) is 0 Å². The highest BCUT2D eigenvalue weighted by Gasteiger charge is 1.45. The average molecular weight is 128 g/mol. The fourth-order valence-electron chi connectivity index (χ4n) is 0.0680. The lowest BCUT2D eigenvalue weighted by Gasteiger charge is -1.76. The Kier molecular flexibility index (Phi) is 18.9. The smallest absolute Gasteiger partial charge is 0.0829 e. The molecule has 0 rings (SSSR count). The predicted molar refractivity (Wildman–Crippen MR) is 38.7 cm³/mol. The third-order valence-electron chi connectivity index (χ3n) is 0.359. The molecule has 0 bridgehead atoms. The highest BCUT2D eigenvalue weighted by Crippen LogP contribution is 1.65. The molecule has 0 N–H and O–H groups in total. The lowest BCUT2D eigenvalue weighted by molar-refractivity contribution is 0.339. The second-order valence-corrected chi connectivity index (χ2v) is 0.872. The van der Waals surface area contributed by atoms with Gasteiger partial charge in [0.25, 0.3) is 0 Å². The summed E-state index contributed by atoms with van der Waals surface area (Å²) in [5.74, 6) is 0. The number of ether oxygens (including phenoxy) is 2. The summed E-state index contributed by atoms with van der Waals surface area (Å²) in [5, 5.41) is 0. The molecule has 0 fully saturated rings. The van der Waals surface area contributed by atoms with Crippen molar-refractivity contribution in [2.24, 2.45) is 0 Å². The Morgan fingerprint density at radius 2 is 1.33 bits per heavy atom. The van der Waals surface area contributed by atoms with Crippen molar-refractivity contribution in [3.63, 3.8) is 0 Å². The van der Waals surface area contributed by atoms with Crippen molar-refractivity contribution in [2.75, 3.05) is 7.11 Å². The standard InChI is InChI=1S/C4H6O.C3H6O/c1-3-5-4-2;1-3-4-2/h3-4H,1-2H2;3H,1H2,2H3. The number of hydrogen-bond acceptors (Lipinski definition) is 2. The Hall–Kier alpha value is -1.18. The summed E-state index contributed by atoms with van der Waals surface area (Å²) in [4.78, 5) is 0. The van der Waals surface area contributed by atoms with Gasteiger partial charge in [-0.15, -0.1) is 0 Å². The van der Waals surface area contributed by atoms with Crippen molar-refractivity contribution in [1.82, 2.24) is 0 Å². The van der Waals surface area contributed by atoms with Crippen molar-refractivity contribution in [2.45, 2.75) is 0 Å². The third kappa shape index (κ3) is 47.8. The fraction of sp³-hybridized carbons (Fsp3) is 0.143. The molecule has 0 aliphatic rings. The summed E-state index contributed by atoms with van der Waals surface area (Å²) < 4.78 is 8.67. The van der Waals surface area contributed by atoms with Crippen LogP contribution >= 0.6 is 0 Å². The second kappa shape index (κ2) is 15.8. The molecule has 0 saturated heterocycles. The highest BCUT2D eigenvalue weighted by molar-refractivity contribution is 4.57. The Balaban J connectivity index is 0. The topological polar surface area (TPSA) is 18.5 Å². The molecule has 0 aliphatic heterocycles. The van der Waals surface area contributed by atoms with Crippen LogP contribution in [0.4, 0.5) is 0 Å². The molecule has 0 saturated carbocycles. The van der Waals surface area contributed by atoms with E-state index in [1.54, 1.807) is 7.11 Å². The third-order valence-corrected chi connectivity index (χ3v) is 0.359. The minimum atomic E-state index is 1.31. The van der Waals surface area contributed by atoms with Crippen LogP contribution in [0.15, 0.2) is 38.5 Å². The molecular formula is C7H12O2. The lowest BCUT2D eigenvalue weighted by Crippen LogP contribution is -1.54. The largest absolute Gasteiger partial charge is 0.505 e. The Morgan fingerprint density at radius 3 is 1.33 bits per heavy atom. The molecule has 0 radical (unpaired) electrons. The maximum Gasteiger partial charge on any atom is 0.0829 e. The van der Waals surface area contributed by atoms with Crippen molar-refractivity contribution in [1.29, 1.82) is 0 Å². The second-order valence-electron chi connectivity index (χ2n) is 0.872. The van der Waals surface area contributed by atoms with Gasteiger partial charge in [-0.2, -0.15) is 0 Å². The lowest BCUT2D eigenvalue weighted by atomic mass is 11.1. The fourth-order valence-corrected chi connectivity index (χ4v) is 0.0680. The van der Waals surface area contributed by atoms with Gasteiger partial charge in [-0.25, -0.2) is 0 Å². The van der Waals surface area contributed by atoms with E-state index in [1.807, 2.05) is 0 Å². The molecule has 0 heterocycles. The quantitative estimate of drug-likeness (QED) is 0.542. The van der Waals surface area contributed by atoms with E-state index in [4.69, 9.17) is 0 Å². The number of rotatable bonds is 3. The van der Waals surface area contributed by atoms with Crippen LogP contribution in [0.2, 0.25) is 0 Å². The van der Waals surface area contributed by atoms with E-state index < -0.39 is 0 Å². The van der Waals surface area contributed by atoms with Gasteiger partial charge in [-0.1, -0.05) is 19.7 Å². The normalized spacial score (nSPS) is 5.44. The van der Waals surface area contributed by atoms with Gasteiger partial charge in [0.2, 0.25) is 0 Å². The average Bonchev–Trinajstić information content (AvgIpc) is 1.91. The van der Waals surface area contributed by atoms with Gasteiger partial charge in [0.15, 0.2) is 0 Å². The summed E-state index contributed by atoms with van der Waals surface area (Å²) in [6.07, 6.45) is 4.00. The van der Waals surface area contributed by atoms with Crippen LogP contribution in [0, 0.1) is 0 Å². The summed E-state index contributed by atoms with van der Waals surface area (Å²) in [6, 6.07) is 0. The van der Waals surface area contributed by atoms with Crippen LogP contribution < -0.4 is 0 Å². The zero-order chi connectivity index (χ0) is 7.54. The predicted octanol–water partition coefficient (Wildman–Crippen LogP) is 2.07. The van der Waals surface area contributed by atoms with Crippen molar-refractivity contribution in [3.8, 4) is 0 Å². The maximum atomic E-state index is 4.36. The van der Waals surface area contributed by atoms with Crippen LogP contribution in [0.3, 0.4) is 0 Å². The van der Waals surface area contributed by atoms with Crippen LogP contribution in [0.5, 0.6) is 0 Å². The van der Waals surface area contributed by atoms with Gasteiger partial charge in [-0.3, -0.25) is 0 Å². The first-order chi connectivity index (χ1) is 4.33. The van der Waals surface area contributed by atoms with Crippen LogP contribution in [0.25, 0.3) is 0 Å². The zero-order valence-corrected chi connectivity index (χ0v) is 5.67. The molecule has 0 atom stereocenters. The van der Waals surface area contributed by atoms with Crippen molar-refractivity contribution >= 4 is 0 Å². The summed E-state index contributed by atoms with van der Waals surface area (Å²) >= 11 is 0. The SMILES string of the molecule is C=COC.C=COC=C. The summed E-state index contributed by atoms with van der Waals surface area (Å²) in [6.45, 7) is 9.77. The molecular weight excluding hydrogens is 116 g/mol. The first kappa shape index (κ1) is 10.7. The summed E-state index contributed by atoms with van der Waals surface area (Å²) in [7, 11) is 1.56. The monoisotopic (exact) mass is 128 g/mol. The Bertz CT molecular complexity index is 71.0. The Labute approximate surface area is 56.1 Å². The van der Waals surface area contributed by atoms with Crippen LogP contribution in [-0.2, 0) is 9.47 Å². The highest BCUT2D eigenvalue weighted by atomic mass is 16.5. The van der Waals surface area contributed by atoms with E-state index >= 15 is 0 Å². The van der Waals surface area contributed by atoms with E-state index in [9.17, 15) is 0 Å². The zero-order valence-electron chi connectivity index (χ0n) is 5.67. The number of hydrogen-bond donors (Lipinski definition) is 0. The van der Waals surface area contributed by atoms with Gasteiger partial charge < -0.3 is 9.47 Å². The van der Waals surface area contributed by atoms with Gasteiger partial charge in [-0.05, 0) is 0 Å². The molecule has 0 spiro atoms. The molecule has 9 heavy (non-hydrogen) atoms. The molecule has 0 aromatic heterocycles. The first-order valence-corrected chi connectivity index (χ1v) is 2.34. The minimum Gasteiger partial charge on any atom is -0.505 e. The molecule has 0 aliphatic carbocycles. The molecule has 2 nitrogen and oxygen atoms in total. The van der Waals surface area contributed by atoms with Gasteiger partial charge in [0.05, 0.1) is 25.9 Å². The van der Waals surface area contributed by atoms with Gasteiger partial charge >= 0.3 is 0 Å². The van der Waals surface area contributed by atoms with E-state index in [-0.39, 0.29) is 0 Å². The van der Waals surface area contributed by atoms with Crippen molar-refractivity contribution in [3.05, 3.63) is 38.5 Å². The van der Waals surface area contributed by atoms with Crippen LogP contribution in [-0.4, -0.2) is 7.11 Å². The van der Waals surface area contributed by atoms with E-state index in [2.05, 4.69) is 29.2 Å². The molecule has 52 valence electrons. The van der Waals surface area contributed by atoms with Gasteiger partial charge in [0, 0.05) is 0 Å². The number of methoxy groups -OCH3 is 1. The molecule has 2 heteroatoms. The van der Waals surface area contributed by atoms with Gasteiger partial charge in [0.1, 0.15) is 0 Å². The van der Waals surface area contributed by atoms with E-state index in [1.165, 1.54) is 18.8 Å². The van der Waals surface area contributed by atoms with E-state index in [0.717, 1.165) is 0 Å². The van der Waals surface area contributed by atoms with Crippen LogP contribution in [0.1, 0.15) is 0 Å². The van der Waals surface area contributed by atoms with Crippen molar-refractivity contribution < 1.29 is 9.47 Å².